The molecule has 4 aromatic carbocycles. The molecular formula is C28H25Br2FN2O8. The fraction of sp³-hybridized carbons (Fsp3) is 0.0714. The normalized spacial score (nSPS) is 9.15. The van der Waals surface area contributed by atoms with Crippen LogP contribution in [0.4, 0.5) is 15.8 Å². The molecule has 4 rings (SSSR count). The Labute approximate surface area is 252 Å². The van der Waals surface area contributed by atoms with Crippen molar-refractivity contribution in [2.45, 2.75) is 14.9 Å². The van der Waals surface area contributed by atoms with Crippen LogP contribution in [0.25, 0.3) is 0 Å². The number of hydrogen-bond acceptors (Lipinski definition) is 8. The highest BCUT2D eigenvalue weighted by molar-refractivity contribution is 9.10. The van der Waals surface area contributed by atoms with Crippen molar-refractivity contribution in [2.24, 2.45) is 0 Å². The average molecular weight is 696 g/mol. The van der Waals surface area contributed by atoms with Crippen LogP contribution in [0.15, 0.2) is 93.9 Å². The Morgan fingerprint density at radius 2 is 1.20 bits per heavy atom. The summed E-state index contributed by atoms with van der Waals surface area (Å²) in [6, 6.07) is 19.9. The third-order valence-electron chi connectivity index (χ3n) is 4.49. The van der Waals surface area contributed by atoms with Crippen molar-refractivity contribution in [3.63, 3.8) is 0 Å². The zero-order valence-electron chi connectivity index (χ0n) is 19.6. The number of rotatable bonds is 6. The Bertz CT molecular complexity index is 1500. The van der Waals surface area contributed by atoms with E-state index in [2.05, 4.69) is 31.9 Å². The number of nitro groups is 2. The first-order valence-corrected chi connectivity index (χ1v) is 12.1. The number of non-ortho nitro benzene ring substituents is 2. The summed E-state index contributed by atoms with van der Waals surface area (Å²) < 4.78 is 18.9. The largest absolute Gasteiger partial charge is 0.508 e. The predicted molar refractivity (Wildman–Crippen MR) is 160 cm³/mol. The smallest absolute Gasteiger partial charge is 0.273 e. The Balaban J connectivity index is 0.000000622. The van der Waals surface area contributed by atoms with Gasteiger partial charge in [0.25, 0.3) is 11.4 Å². The summed E-state index contributed by atoms with van der Waals surface area (Å²) in [5, 5.41) is 29.5. The molecule has 0 saturated heterocycles. The second kappa shape index (κ2) is 18.0. The fourth-order valence-electron chi connectivity index (χ4n) is 2.67. The molecule has 1 N–H and O–H groups in total. The van der Waals surface area contributed by atoms with Crippen LogP contribution >= 0.6 is 31.9 Å². The summed E-state index contributed by atoms with van der Waals surface area (Å²) >= 11 is 6.27. The standard InChI is InChI=1S/C13H8BrNO4.C7H4BrFO.C6H5NO3.2CH4/c14-13-7-12(5-4-9(13)8-16)19-11-3-1-2-10(6-11)15(17)18;8-7-3-6(9)2-1-5(7)4-10;8-6-3-1-2-5(4-6)7(9)10;;/h1-8H;1-4H;1-4,8H;2*1H4. The Hall–Kier alpha value is -4.49. The van der Waals surface area contributed by atoms with Gasteiger partial charge in [0, 0.05) is 32.2 Å². The molecule has 0 radical (unpaired) electrons. The molecule has 0 heterocycles. The number of benzene rings is 4. The number of carbonyl (C=O) groups is 2. The quantitative estimate of drug-likeness (QED) is 0.119. The summed E-state index contributed by atoms with van der Waals surface area (Å²) in [6.45, 7) is 0. The Kier molecular flexibility index (Phi) is 16.0. The second-order valence-electron chi connectivity index (χ2n) is 7.22. The van der Waals surface area contributed by atoms with Gasteiger partial charge in [-0.1, -0.05) is 27.0 Å². The van der Waals surface area contributed by atoms with E-state index in [-0.39, 0.29) is 37.8 Å². The van der Waals surface area contributed by atoms with E-state index in [9.17, 15) is 34.2 Å². The number of nitrogens with zero attached hydrogens (tertiary/aromatic N) is 2. The number of halogens is 3. The minimum Gasteiger partial charge on any atom is -0.508 e. The van der Waals surface area contributed by atoms with Gasteiger partial charge >= 0.3 is 0 Å². The van der Waals surface area contributed by atoms with Gasteiger partial charge in [0.05, 0.1) is 22.0 Å². The third-order valence-corrected chi connectivity index (χ3v) is 5.87. The minimum atomic E-state index is -0.556. The van der Waals surface area contributed by atoms with Crippen LogP contribution in [0.5, 0.6) is 17.2 Å². The molecule has 0 atom stereocenters. The second-order valence-corrected chi connectivity index (χ2v) is 8.93. The van der Waals surface area contributed by atoms with Gasteiger partial charge in [0.1, 0.15) is 23.1 Å². The zero-order chi connectivity index (χ0) is 28.9. The third kappa shape index (κ3) is 12.1. The molecule has 0 aromatic heterocycles. The molecule has 13 heteroatoms. The van der Waals surface area contributed by atoms with Crippen molar-refractivity contribution in [1.82, 2.24) is 0 Å². The van der Waals surface area contributed by atoms with Gasteiger partial charge in [-0.3, -0.25) is 29.8 Å². The van der Waals surface area contributed by atoms with Crippen molar-refractivity contribution in [3.05, 3.63) is 131 Å². The van der Waals surface area contributed by atoms with Crippen LogP contribution in [-0.2, 0) is 0 Å². The summed E-state index contributed by atoms with van der Waals surface area (Å²) in [5.41, 5.74) is 0.828. The molecule has 0 fully saturated rings. The molecule has 0 saturated carbocycles. The Morgan fingerprint density at radius 3 is 1.66 bits per heavy atom. The zero-order valence-corrected chi connectivity index (χ0v) is 22.7. The summed E-state index contributed by atoms with van der Waals surface area (Å²) in [6.07, 6.45) is 1.39. The van der Waals surface area contributed by atoms with E-state index in [0.29, 0.717) is 37.9 Å². The van der Waals surface area contributed by atoms with Gasteiger partial charge in [-0.2, -0.15) is 0 Å². The van der Waals surface area contributed by atoms with Crippen molar-refractivity contribution in [3.8, 4) is 17.2 Å². The number of aromatic hydroxyl groups is 1. The number of carbonyl (C=O) groups excluding carboxylic acids is 2. The summed E-state index contributed by atoms with van der Waals surface area (Å²) in [5.74, 6) is 0.407. The van der Waals surface area contributed by atoms with E-state index >= 15 is 0 Å². The highest BCUT2D eigenvalue weighted by atomic mass is 79.9. The van der Waals surface area contributed by atoms with E-state index in [1.54, 1.807) is 30.3 Å². The van der Waals surface area contributed by atoms with E-state index < -0.39 is 9.85 Å². The molecular weight excluding hydrogens is 671 g/mol. The van der Waals surface area contributed by atoms with E-state index in [4.69, 9.17) is 9.84 Å². The van der Waals surface area contributed by atoms with Crippen LogP contribution < -0.4 is 4.74 Å². The number of phenols is 1. The fourth-order valence-corrected chi connectivity index (χ4v) is 3.56. The van der Waals surface area contributed by atoms with Crippen molar-refractivity contribution in [2.75, 3.05) is 0 Å². The lowest BCUT2D eigenvalue weighted by Gasteiger charge is -2.06. The van der Waals surface area contributed by atoms with E-state index in [1.807, 2.05) is 0 Å². The highest BCUT2D eigenvalue weighted by Gasteiger charge is 2.08. The van der Waals surface area contributed by atoms with Gasteiger partial charge < -0.3 is 9.84 Å². The summed E-state index contributed by atoms with van der Waals surface area (Å²) in [4.78, 5) is 40.5. The molecule has 0 spiro atoms. The molecule has 4 aromatic rings. The van der Waals surface area contributed by atoms with Crippen LogP contribution in [0, 0.1) is 26.0 Å². The SMILES string of the molecule is C.C.O=Cc1ccc(F)cc1Br.O=Cc1ccc(Oc2cccc([N+](=O)[O-])c2)cc1Br.O=[N+]([O-])c1cccc(O)c1. The van der Waals surface area contributed by atoms with Gasteiger partial charge in [-0.15, -0.1) is 0 Å². The van der Waals surface area contributed by atoms with E-state index in [0.717, 1.165) is 12.4 Å². The average Bonchev–Trinajstić information content (AvgIpc) is 2.90. The molecule has 0 aliphatic carbocycles. The Morgan fingerprint density at radius 1 is 0.707 bits per heavy atom. The number of phenolic OH excluding ortho intramolecular Hbond substituents is 1. The summed E-state index contributed by atoms with van der Waals surface area (Å²) in [7, 11) is 0. The number of aldehydes is 2. The minimum absolute atomic E-state index is 0. The lowest BCUT2D eigenvalue weighted by atomic mass is 10.2. The maximum absolute atomic E-state index is 12.3. The molecule has 216 valence electrons. The molecule has 0 unspecified atom stereocenters. The lowest BCUT2D eigenvalue weighted by Crippen LogP contribution is -1.90. The van der Waals surface area contributed by atoms with Crippen LogP contribution in [0.2, 0.25) is 0 Å². The number of ether oxygens (including phenoxy) is 1. The van der Waals surface area contributed by atoms with Crippen molar-refractivity contribution in [1.29, 1.82) is 0 Å². The van der Waals surface area contributed by atoms with Crippen molar-refractivity contribution < 1.29 is 33.7 Å². The van der Waals surface area contributed by atoms with E-state index in [1.165, 1.54) is 48.5 Å². The monoisotopic (exact) mass is 694 g/mol. The molecule has 0 amide bonds. The van der Waals surface area contributed by atoms with Crippen LogP contribution in [0.1, 0.15) is 35.6 Å². The highest BCUT2D eigenvalue weighted by Crippen LogP contribution is 2.28. The van der Waals surface area contributed by atoms with Gasteiger partial charge in [0.15, 0.2) is 12.6 Å². The van der Waals surface area contributed by atoms with Gasteiger partial charge in [0.2, 0.25) is 0 Å². The van der Waals surface area contributed by atoms with Crippen molar-refractivity contribution >= 4 is 55.8 Å². The first kappa shape index (κ1) is 36.5. The van der Waals surface area contributed by atoms with Crippen LogP contribution in [0.3, 0.4) is 0 Å². The molecule has 10 nitrogen and oxygen atoms in total. The van der Waals surface area contributed by atoms with Gasteiger partial charge in [-0.05, 0) is 80.4 Å². The molecule has 0 aliphatic rings. The van der Waals surface area contributed by atoms with Crippen LogP contribution in [-0.4, -0.2) is 27.5 Å². The molecule has 41 heavy (non-hydrogen) atoms. The molecule has 0 aliphatic heterocycles. The lowest BCUT2D eigenvalue weighted by molar-refractivity contribution is -0.385. The van der Waals surface area contributed by atoms with Gasteiger partial charge in [-0.25, -0.2) is 4.39 Å². The molecule has 0 bridgehead atoms. The maximum Gasteiger partial charge on any atom is 0.273 e. The first-order chi connectivity index (χ1) is 18.5. The predicted octanol–water partition coefficient (Wildman–Crippen LogP) is 8.94. The number of nitro benzene ring substituents is 2. The first-order valence-electron chi connectivity index (χ1n) is 10.5. The topological polar surface area (TPSA) is 150 Å². The number of hydrogen-bond donors (Lipinski definition) is 1. The maximum atomic E-state index is 12.3.